The van der Waals surface area contributed by atoms with E-state index in [1.54, 1.807) is 36.5 Å². The van der Waals surface area contributed by atoms with Crippen molar-refractivity contribution in [2.45, 2.75) is 20.3 Å². The summed E-state index contributed by atoms with van der Waals surface area (Å²) in [5.41, 5.74) is 1.67. The summed E-state index contributed by atoms with van der Waals surface area (Å²) in [7, 11) is 0. The molecule has 0 aliphatic heterocycles. The molecule has 0 radical (unpaired) electrons. The van der Waals surface area contributed by atoms with E-state index in [1.807, 2.05) is 5.38 Å². The Morgan fingerprint density at radius 3 is 2.64 bits per heavy atom. The van der Waals surface area contributed by atoms with Gasteiger partial charge in [0.1, 0.15) is 0 Å². The van der Waals surface area contributed by atoms with Gasteiger partial charge in [-0.2, -0.15) is 0 Å². The molecule has 0 spiro atoms. The highest BCUT2D eigenvalue weighted by molar-refractivity contribution is 7.10. The van der Waals surface area contributed by atoms with Crippen LogP contribution < -0.4 is 14.8 Å². The Balaban J connectivity index is 1.99. The Hall–Kier alpha value is -2.54. The number of hydrogen-bond acceptors (Lipinski definition) is 5. The third-order valence-corrected chi connectivity index (χ3v) is 4.55. The van der Waals surface area contributed by atoms with Crippen LogP contribution in [0.4, 0.5) is 0 Å². The maximum atomic E-state index is 12.3. The number of nitrogens with one attached hydrogen (secondary N) is 1. The first-order valence-corrected chi connectivity index (χ1v) is 8.81. The molecule has 0 saturated carbocycles. The van der Waals surface area contributed by atoms with Crippen LogP contribution in [0.3, 0.4) is 0 Å². The molecule has 1 heterocycles. The maximum Gasteiger partial charge on any atom is 0.341 e. The van der Waals surface area contributed by atoms with Crippen LogP contribution in [-0.4, -0.2) is 36.7 Å². The molecule has 2 aromatic rings. The summed E-state index contributed by atoms with van der Waals surface area (Å²) in [6.45, 7) is 4.31. The van der Waals surface area contributed by atoms with E-state index >= 15 is 0 Å². The fourth-order valence-corrected chi connectivity index (χ4v) is 3.14. The number of aliphatic carboxylic acids is 1. The van der Waals surface area contributed by atoms with Crippen LogP contribution in [0.1, 0.15) is 27.7 Å². The lowest BCUT2D eigenvalue weighted by Crippen LogP contribution is -2.25. The Morgan fingerprint density at radius 2 is 2.00 bits per heavy atom. The van der Waals surface area contributed by atoms with Crippen molar-refractivity contribution in [3.05, 3.63) is 45.6 Å². The maximum absolute atomic E-state index is 12.3. The number of benzene rings is 1. The number of carbonyl (C=O) groups is 2. The molecule has 2 N–H and O–H groups in total. The summed E-state index contributed by atoms with van der Waals surface area (Å²) < 4.78 is 10.6. The van der Waals surface area contributed by atoms with Crippen LogP contribution >= 0.6 is 11.3 Å². The molecule has 6 nitrogen and oxygen atoms in total. The van der Waals surface area contributed by atoms with Gasteiger partial charge in [-0.15, -0.1) is 11.3 Å². The predicted molar refractivity (Wildman–Crippen MR) is 95.8 cm³/mol. The van der Waals surface area contributed by atoms with E-state index in [1.165, 1.54) is 10.4 Å². The van der Waals surface area contributed by atoms with Crippen LogP contribution in [0.25, 0.3) is 0 Å². The van der Waals surface area contributed by atoms with Gasteiger partial charge in [0.2, 0.25) is 0 Å². The Morgan fingerprint density at radius 1 is 1.20 bits per heavy atom. The number of carboxylic acids is 1. The van der Waals surface area contributed by atoms with Gasteiger partial charge >= 0.3 is 5.97 Å². The van der Waals surface area contributed by atoms with Gasteiger partial charge in [-0.05, 0) is 55.5 Å². The number of ether oxygens (including phenoxy) is 2. The third kappa shape index (κ3) is 5.49. The normalized spacial score (nSPS) is 10.3. The summed E-state index contributed by atoms with van der Waals surface area (Å²) >= 11 is 1.68. The van der Waals surface area contributed by atoms with E-state index in [0.29, 0.717) is 30.2 Å². The van der Waals surface area contributed by atoms with E-state index in [0.717, 1.165) is 6.42 Å². The zero-order valence-electron chi connectivity index (χ0n) is 14.2. The second-order valence-corrected chi connectivity index (χ2v) is 6.31. The molecular weight excluding hydrogens is 342 g/mol. The van der Waals surface area contributed by atoms with E-state index < -0.39 is 12.6 Å². The molecule has 1 aromatic heterocycles. The minimum atomic E-state index is -1.08. The van der Waals surface area contributed by atoms with Crippen molar-refractivity contribution >= 4 is 23.2 Å². The third-order valence-electron chi connectivity index (χ3n) is 3.46. The predicted octanol–water partition coefficient (Wildman–Crippen LogP) is 2.89. The molecule has 0 aliphatic carbocycles. The number of carboxylic acid groups (broad SMARTS) is 1. The van der Waals surface area contributed by atoms with Gasteiger partial charge in [0.25, 0.3) is 5.91 Å². The van der Waals surface area contributed by atoms with E-state index in [2.05, 4.69) is 18.3 Å². The second kappa shape index (κ2) is 9.08. The molecule has 2 rings (SSSR count). The second-order valence-electron chi connectivity index (χ2n) is 5.31. The summed E-state index contributed by atoms with van der Waals surface area (Å²) in [5.74, 6) is -0.631. The van der Waals surface area contributed by atoms with Crippen LogP contribution in [0.5, 0.6) is 11.5 Å². The van der Waals surface area contributed by atoms with E-state index in [-0.39, 0.29) is 5.91 Å². The topological polar surface area (TPSA) is 84.9 Å². The van der Waals surface area contributed by atoms with Gasteiger partial charge in [-0.25, -0.2) is 4.79 Å². The van der Waals surface area contributed by atoms with Crippen LogP contribution in [-0.2, 0) is 11.2 Å². The number of thiophene rings is 1. The first kappa shape index (κ1) is 18.8. The van der Waals surface area contributed by atoms with Crippen molar-refractivity contribution in [3.8, 4) is 11.5 Å². The molecular formula is C18H21NO5S. The van der Waals surface area contributed by atoms with Crippen molar-refractivity contribution in [2.75, 3.05) is 19.8 Å². The molecule has 1 aromatic carbocycles. The lowest BCUT2D eigenvalue weighted by Gasteiger charge is -2.12. The van der Waals surface area contributed by atoms with Crippen molar-refractivity contribution in [3.63, 3.8) is 0 Å². The smallest absolute Gasteiger partial charge is 0.341 e. The molecule has 0 saturated heterocycles. The molecule has 7 heteroatoms. The van der Waals surface area contributed by atoms with Gasteiger partial charge in [0.15, 0.2) is 18.1 Å². The highest BCUT2D eigenvalue weighted by Gasteiger charge is 2.12. The Labute approximate surface area is 150 Å². The highest BCUT2D eigenvalue weighted by atomic mass is 32.1. The number of amides is 1. The van der Waals surface area contributed by atoms with E-state index in [9.17, 15) is 9.59 Å². The van der Waals surface area contributed by atoms with Crippen molar-refractivity contribution in [1.29, 1.82) is 0 Å². The van der Waals surface area contributed by atoms with Crippen molar-refractivity contribution in [1.82, 2.24) is 5.32 Å². The molecule has 1 amide bonds. The van der Waals surface area contributed by atoms with Gasteiger partial charge in [0, 0.05) is 17.0 Å². The largest absolute Gasteiger partial charge is 0.490 e. The van der Waals surface area contributed by atoms with Crippen LogP contribution in [0.15, 0.2) is 29.6 Å². The lowest BCUT2D eigenvalue weighted by molar-refractivity contribution is -0.139. The summed E-state index contributed by atoms with van der Waals surface area (Å²) in [6.07, 6.45) is 0.785. The van der Waals surface area contributed by atoms with Gasteiger partial charge < -0.3 is 19.9 Å². The minimum absolute atomic E-state index is 0.208. The first-order valence-electron chi connectivity index (χ1n) is 7.94. The standard InChI is InChI=1S/C18H21NO5S/c1-3-23-15-10-13(4-5-14(15)24-11-17(20)21)18(22)19-8-6-16-12(2)7-9-25-16/h4-5,7,9-10H,3,6,8,11H2,1-2H3,(H,19,22)(H,20,21). The molecule has 0 bridgehead atoms. The average Bonchev–Trinajstić information content (AvgIpc) is 2.99. The van der Waals surface area contributed by atoms with Crippen molar-refractivity contribution < 1.29 is 24.2 Å². The fraction of sp³-hybridized carbons (Fsp3) is 0.333. The molecule has 0 aliphatic rings. The van der Waals surface area contributed by atoms with Gasteiger partial charge in [-0.1, -0.05) is 0 Å². The van der Waals surface area contributed by atoms with Gasteiger partial charge in [-0.3, -0.25) is 4.79 Å². The molecule has 0 fully saturated rings. The van der Waals surface area contributed by atoms with E-state index in [4.69, 9.17) is 14.6 Å². The Kier molecular flexibility index (Phi) is 6.82. The molecule has 25 heavy (non-hydrogen) atoms. The monoisotopic (exact) mass is 363 g/mol. The molecule has 134 valence electrons. The van der Waals surface area contributed by atoms with Crippen LogP contribution in [0, 0.1) is 6.92 Å². The van der Waals surface area contributed by atoms with Crippen LogP contribution in [0.2, 0.25) is 0 Å². The average molecular weight is 363 g/mol. The number of rotatable bonds is 9. The Bertz CT molecular complexity index is 741. The van der Waals surface area contributed by atoms with Crippen molar-refractivity contribution in [2.24, 2.45) is 0 Å². The highest BCUT2D eigenvalue weighted by Crippen LogP contribution is 2.28. The summed E-state index contributed by atoms with van der Waals surface area (Å²) in [6, 6.07) is 6.76. The summed E-state index contributed by atoms with van der Waals surface area (Å²) in [5, 5.41) is 13.6. The lowest BCUT2D eigenvalue weighted by atomic mass is 10.2. The number of carbonyl (C=O) groups excluding carboxylic acids is 1. The molecule has 0 unspecified atom stereocenters. The fourth-order valence-electron chi connectivity index (χ4n) is 2.23. The minimum Gasteiger partial charge on any atom is -0.490 e. The first-order chi connectivity index (χ1) is 12.0. The quantitative estimate of drug-likeness (QED) is 0.716. The zero-order chi connectivity index (χ0) is 18.2. The number of aryl methyl sites for hydroxylation is 1. The SMILES string of the molecule is CCOc1cc(C(=O)NCCc2sccc2C)ccc1OCC(=O)O. The molecule has 0 atom stereocenters. The van der Waals surface area contributed by atoms with Gasteiger partial charge in [0.05, 0.1) is 6.61 Å². The summed E-state index contributed by atoms with van der Waals surface area (Å²) in [4.78, 5) is 24.2. The zero-order valence-corrected chi connectivity index (χ0v) is 15.0. The number of hydrogen-bond donors (Lipinski definition) is 2.